The average molecular weight is 306 g/mol. The maximum absolute atomic E-state index is 12.4. The second-order valence-corrected chi connectivity index (χ2v) is 5.69. The van der Waals surface area contributed by atoms with E-state index in [1.165, 1.54) is 10.9 Å². The molecule has 2 aromatic heterocycles. The minimum Gasteiger partial charge on any atom is -0.476 e. The standard InChI is InChI=1S/C13H14N4O3S/c18-12(7-16-6-10(13(19)20)14-15-16)17-4-1-2-11(17)9-3-5-21-8-9/h3,5-6,8,11H,1-2,4,7H2,(H,19,20). The fourth-order valence-electron chi connectivity index (χ4n) is 2.58. The third-order valence-corrected chi connectivity index (χ3v) is 4.26. The van der Waals surface area contributed by atoms with Crippen molar-refractivity contribution in [1.82, 2.24) is 19.9 Å². The van der Waals surface area contributed by atoms with Crippen LogP contribution in [-0.2, 0) is 11.3 Å². The van der Waals surface area contributed by atoms with Crippen LogP contribution in [0.4, 0.5) is 0 Å². The van der Waals surface area contributed by atoms with Crippen LogP contribution in [0.1, 0.15) is 34.9 Å². The predicted molar refractivity (Wildman–Crippen MR) is 75.0 cm³/mol. The third-order valence-electron chi connectivity index (χ3n) is 3.56. The Balaban J connectivity index is 1.70. The molecule has 3 heterocycles. The van der Waals surface area contributed by atoms with E-state index in [2.05, 4.69) is 15.7 Å². The number of hydrogen-bond donors (Lipinski definition) is 1. The smallest absolute Gasteiger partial charge is 0.358 e. The zero-order chi connectivity index (χ0) is 14.8. The molecule has 1 fully saturated rings. The fraction of sp³-hybridized carbons (Fsp3) is 0.385. The normalized spacial score (nSPS) is 18.1. The molecule has 1 aliphatic heterocycles. The van der Waals surface area contributed by atoms with Crippen molar-refractivity contribution in [3.05, 3.63) is 34.3 Å². The summed E-state index contributed by atoms with van der Waals surface area (Å²) < 4.78 is 1.27. The van der Waals surface area contributed by atoms with Crippen molar-refractivity contribution in [2.75, 3.05) is 6.54 Å². The van der Waals surface area contributed by atoms with E-state index >= 15 is 0 Å². The van der Waals surface area contributed by atoms with Gasteiger partial charge >= 0.3 is 5.97 Å². The highest BCUT2D eigenvalue weighted by Gasteiger charge is 2.30. The lowest BCUT2D eigenvalue weighted by Gasteiger charge is -2.24. The molecule has 1 unspecified atom stereocenters. The number of rotatable bonds is 4. The molecule has 1 saturated heterocycles. The first-order chi connectivity index (χ1) is 10.1. The molecule has 2 aromatic rings. The molecule has 0 spiro atoms. The molecule has 0 radical (unpaired) electrons. The number of amides is 1. The van der Waals surface area contributed by atoms with E-state index in [4.69, 9.17) is 5.11 Å². The van der Waals surface area contributed by atoms with Crippen LogP contribution < -0.4 is 0 Å². The Bertz CT molecular complexity index is 652. The Morgan fingerprint density at radius 1 is 1.48 bits per heavy atom. The van der Waals surface area contributed by atoms with Crippen LogP contribution in [0.3, 0.4) is 0 Å². The van der Waals surface area contributed by atoms with Crippen LogP contribution in [0.2, 0.25) is 0 Å². The lowest BCUT2D eigenvalue weighted by atomic mass is 10.1. The third kappa shape index (κ3) is 2.80. The summed E-state index contributed by atoms with van der Waals surface area (Å²) in [6.45, 7) is 0.737. The quantitative estimate of drug-likeness (QED) is 0.922. The summed E-state index contributed by atoms with van der Waals surface area (Å²) in [5.41, 5.74) is 1.01. The number of likely N-dealkylation sites (tertiary alicyclic amines) is 1. The largest absolute Gasteiger partial charge is 0.476 e. The van der Waals surface area contributed by atoms with E-state index in [0.717, 1.165) is 24.9 Å². The molecule has 110 valence electrons. The van der Waals surface area contributed by atoms with Gasteiger partial charge in [-0.25, -0.2) is 9.48 Å². The molecule has 1 aliphatic rings. The van der Waals surface area contributed by atoms with Gasteiger partial charge in [0.2, 0.25) is 5.91 Å². The maximum Gasteiger partial charge on any atom is 0.358 e. The SMILES string of the molecule is O=C(O)c1cn(CC(=O)N2CCCC2c2ccsc2)nn1. The van der Waals surface area contributed by atoms with Crippen molar-refractivity contribution in [3.63, 3.8) is 0 Å². The van der Waals surface area contributed by atoms with E-state index in [0.29, 0.717) is 0 Å². The summed E-state index contributed by atoms with van der Waals surface area (Å²) in [6.07, 6.45) is 3.21. The van der Waals surface area contributed by atoms with E-state index < -0.39 is 5.97 Å². The Morgan fingerprint density at radius 3 is 3.00 bits per heavy atom. The first-order valence-corrected chi connectivity index (χ1v) is 7.54. The van der Waals surface area contributed by atoms with Gasteiger partial charge in [-0.05, 0) is 35.2 Å². The molecular formula is C13H14N4O3S. The number of carboxylic acid groups (broad SMARTS) is 1. The Kier molecular flexibility index (Phi) is 3.70. The Morgan fingerprint density at radius 2 is 2.33 bits per heavy atom. The zero-order valence-electron chi connectivity index (χ0n) is 11.2. The summed E-state index contributed by atoms with van der Waals surface area (Å²) in [6, 6.07) is 2.16. The lowest BCUT2D eigenvalue weighted by Crippen LogP contribution is -2.33. The number of carboxylic acids is 1. The summed E-state index contributed by atoms with van der Waals surface area (Å²) in [5, 5.41) is 20.1. The number of aromatic nitrogens is 3. The highest BCUT2D eigenvalue weighted by molar-refractivity contribution is 7.07. The van der Waals surface area contributed by atoms with Crippen molar-refractivity contribution in [1.29, 1.82) is 0 Å². The molecule has 21 heavy (non-hydrogen) atoms. The minimum absolute atomic E-state index is 0.0148. The van der Waals surface area contributed by atoms with Gasteiger partial charge in [-0.15, -0.1) is 5.10 Å². The molecule has 0 aromatic carbocycles. The number of hydrogen-bond acceptors (Lipinski definition) is 5. The molecule has 0 saturated carbocycles. The number of aromatic carboxylic acids is 1. The highest BCUT2D eigenvalue weighted by atomic mass is 32.1. The van der Waals surface area contributed by atoms with Crippen LogP contribution in [0.5, 0.6) is 0 Å². The van der Waals surface area contributed by atoms with Crippen LogP contribution >= 0.6 is 11.3 Å². The summed E-state index contributed by atoms with van der Waals surface area (Å²) in [5.74, 6) is -1.21. The summed E-state index contributed by atoms with van der Waals surface area (Å²) in [4.78, 5) is 25.0. The topological polar surface area (TPSA) is 88.3 Å². The van der Waals surface area contributed by atoms with Gasteiger partial charge in [-0.2, -0.15) is 11.3 Å². The second-order valence-electron chi connectivity index (χ2n) is 4.91. The monoisotopic (exact) mass is 306 g/mol. The van der Waals surface area contributed by atoms with Crippen molar-refractivity contribution in [3.8, 4) is 0 Å². The Hall–Kier alpha value is -2.22. The van der Waals surface area contributed by atoms with Gasteiger partial charge in [0.15, 0.2) is 5.69 Å². The van der Waals surface area contributed by atoms with E-state index in [9.17, 15) is 9.59 Å². The molecule has 0 bridgehead atoms. The van der Waals surface area contributed by atoms with Gasteiger partial charge in [0.25, 0.3) is 0 Å². The molecule has 1 N–H and O–H groups in total. The zero-order valence-corrected chi connectivity index (χ0v) is 12.0. The summed E-state index contributed by atoms with van der Waals surface area (Å²) >= 11 is 1.62. The van der Waals surface area contributed by atoms with Gasteiger partial charge in [-0.1, -0.05) is 5.21 Å². The van der Waals surface area contributed by atoms with E-state index in [-0.39, 0.29) is 24.2 Å². The number of carbonyl (C=O) groups is 2. The highest BCUT2D eigenvalue weighted by Crippen LogP contribution is 2.33. The number of carbonyl (C=O) groups excluding carboxylic acids is 1. The Labute approximate surface area is 124 Å². The van der Waals surface area contributed by atoms with Crippen molar-refractivity contribution in [2.45, 2.75) is 25.4 Å². The molecular weight excluding hydrogens is 292 g/mol. The molecule has 8 heteroatoms. The van der Waals surface area contributed by atoms with Gasteiger partial charge in [0.05, 0.1) is 12.2 Å². The summed E-state index contributed by atoms with van der Waals surface area (Å²) in [7, 11) is 0. The predicted octanol–water partition coefficient (Wildman–Crippen LogP) is 1.40. The van der Waals surface area contributed by atoms with Gasteiger partial charge < -0.3 is 10.0 Å². The van der Waals surface area contributed by atoms with E-state index in [1.807, 2.05) is 16.3 Å². The first kappa shape index (κ1) is 13.7. The van der Waals surface area contributed by atoms with Crippen molar-refractivity contribution < 1.29 is 14.7 Å². The number of nitrogens with zero attached hydrogens (tertiary/aromatic N) is 4. The molecule has 0 aliphatic carbocycles. The number of thiophene rings is 1. The molecule has 3 rings (SSSR count). The van der Waals surface area contributed by atoms with Gasteiger partial charge in [0.1, 0.15) is 6.54 Å². The van der Waals surface area contributed by atoms with Crippen molar-refractivity contribution >= 4 is 23.2 Å². The van der Waals surface area contributed by atoms with Crippen LogP contribution in [-0.4, -0.2) is 43.4 Å². The van der Waals surface area contributed by atoms with Gasteiger partial charge in [0, 0.05) is 6.54 Å². The molecule has 7 nitrogen and oxygen atoms in total. The minimum atomic E-state index is -1.15. The lowest BCUT2D eigenvalue weighted by molar-refractivity contribution is -0.133. The first-order valence-electron chi connectivity index (χ1n) is 6.60. The van der Waals surface area contributed by atoms with E-state index in [1.54, 1.807) is 11.3 Å². The average Bonchev–Trinajstić information content (AvgIpc) is 3.19. The fourth-order valence-corrected chi connectivity index (χ4v) is 3.29. The van der Waals surface area contributed by atoms with Gasteiger partial charge in [-0.3, -0.25) is 4.79 Å². The molecule has 1 atom stereocenters. The molecule has 1 amide bonds. The second kappa shape index (κ2) is 5.65. The van der Waals surface area contributed by atoms with Crippen LogP contribution in [0.25, 0.3) is 0 Å². The van der Waals surface area contributed by atoms with Crippen molar-refractivity contribution in [2.24, 2.45) is 0 Å². The van der Waals surface area contributed by atoms with Crippen LogP contribution in [0, 0.1) is 0 Å². The van der Waals surface area contributed by atoms with Crippen LogP contribution in [0.15, 0.2) is 23.0 Å². The maximum atomic E-state index is 12.4.